The molecular formula is C13H19N3O2. The molecule has 0 spiro atoms. The summed E-state index contributed by atoms with van der Waals surface area (Å²) >= 11 is 0. The summed E-state index contributed by atoms with van der Waals surface area (Å²) in [6, 6.07) is 7.87. The van der Waals surface area contributed by atoms with Crippen LogP contribution in [0.2, 0.25) is 0 Å². The fraction of sp³-hybridized carbons (Fsp3) is 0.462. The summed E-state index contributed by atoms with van der Waals surface area (Å²) in [5.74, 6) is 0.894. The van der Waals surface area contributed by atoms with Crippen LogP contribution in [0.3, 0.4) is 0 Å². The van der Waals surface area contributed by atoms with Crippen molar-refractivity contribution in [3.63, 3.8) is 0 Å². The number of hydrogen-bond acceptors (Lipinski definition) is 3. The van der Waals surface area contributed by atoms with Crippen LogP contribution < -0.4 is 20.7 Å². The van der Waals surface area contributed by atoms with Crippen molar-refractivity contribution in [1.82, 2.24) is 16.0 Å². The molecule has 0 saturated carbocycles. The number of fused-ring (bicyclic) bond motifs is 1. The first-order chi connectivity index (χ1) is 8.81. The highest BCUT2D eigenvalue weighted by Gasteiger charge is 2.19. The number of benzene rings is 1. The normalized spacial score (nSPS) is 18.2. The standard InChI is InChI=1S/C13H19N3O2/c1-2-14-13(17)16-9-11-10-5-3-4-6-12(10)18-8-7-15-11/h3-6,11,15H,2,7-9H2,1H3,(H2,14,16,17). The molecule has 0 saturated heterocycles. The van der Waals surface area contributed by atoms with Crippen LogP contribution in [0, 0.1) is 0 Å². The Labute approximate surface area is 107 Å². The molecule has 1 atom stereocenters. The van der Waals surface area contributed by atoms with Crippen molar-refractivity contribution >= 4 is 6.03 Å². The lowest BCUT2D eigenvalue weighted by molar-refractivity contribution is 0.240. The molecule has 1 aromatic rings. The van der Waals surface area contributed by atoms with Gasteiger partial charge in [-0.05, 0) is 13.0 Å². The molecule has 1 heterocycles. The Morgan fingerprint density at radius 1 is 1.44 bits per heavy atom. The quantitative estimate of drug-likeness (QED) is 0.749. The molecule has 0 radical (unpaired) electrons. The van der Waals surface area contributed by atoms with E-state index in [1.165, 1.54) is 0 Å². The molecule has 5 nitrogen and oxygen atoms in total. The molecular weight excluding hydrogens is 230 g/mol. The molecule has 1 aliphatic rings. The number of nitrogens with one attached hydrogen (secondary N) is 3. The molecule has 0 aromatic heterocycles. The van der Waals surface area contributed by atoms with Crippen molar-refractivity contribution in [2.75, 3.05) is 26.2 Å². The molecule has 0 bridgehead atoms. The Balaban J connectivity index is 2.02. The topological polar surface area (TPSA) is 62.4 Å². The van der Waals surface area contributed by atoms with E-state index in [0.29, 0.717) is 19.7 Å². The van der Waals surface area contributed by atoms with Gasteiger partial charge in [0.05, 0.1) is 6.04 Å². The average Bonchev–Trinajstić information content (AvgIpc) is 2.59. The first-order valence-electron chi connectivity index (χ1n) is 6.28. The predicted octanol–water partition coefficient (Wildman–Crippen LogP) is 1.03. The smallest absolute Gasteiger partial charge is 0.314 e. The van der Waals surface area contributed by atoms with Gasteiger partial charge < -0.3 is 20.7 Å². The maximum Gasteiger partial charge on any atom is 0.314 e. The van der Waals surface area contributed by atoms with Gasteiger partial charge in [0.2, 0.25) is 0 Å². The number of para-hydroxylation sites is 1. The van der Waals surface area contributed by atoms with Crippen molar-refractivity contribution in [2.45, 2.75) is 13.0 Å². The Morgan fingerprint density at radius 2 is 2.28 bits per heavy atom. The van der Waals surface area contributed by atoms with Crippen LogP contribution in [0.1, 0.15) is 18.5 Å². The Bertz CT molecular complexity index is 409. The minimum absolute atomic E-state index is 0.0892. The van der Waals surface area contributed by atoms with Gasteiger partial charge in [-0.3, -0.25) is 0 Å². The fourth-order valence-electron chi connectivity index (χ4n) is 2.00. The van der Waals surface area contributed by atoms with E-state index < -0.39 is 0 Å². The van der Waals surface area contributed by atoms with Crippen LogP contribution >= 0.6 is 0 Å². The third-order valence-electron chi connectivity index (χ3n) is 2.85. The number of ether oxygens (including phenoxy) is 1. The molecule has 2 rings (SSSR count). The molecule has 5 heteroatoms. The van der Waals surface area contributed by atoms with Gasteiger partial charge in [-0.15, -0.1) is 0 Å². The van der Waals surface area contributed by atoms with Gasteiger partial charge >= 0.3 is 6.03 Å². The van der Waals surface area contributed by atoms with Gasteiger partial charge in [0.25, 0.3) is 0 Å². The van der Waals surface area contributed by atoms with Crippen molar-refractivity contribution in [2.24, 2.45) is 0 Å². The summed E-state index contributed by atoms with van der Waals surface area (Å²) in [6.45, 7) is 4.49. The monoisotopic (exact) mass is 249 g/mol. The van der Waals surface area contributed by atoms with Gasteiger partial charge in [0, 0.05) is 25.2 Å². The lowest BCUT2D eigenvalue weighted by Crippen LogP contribution is -2.40. The summed E-state index contributed by atoms with van der Waals surface area (Å²) in [7, 11) is 0. The highest BCUT2D eigenvalue weighted by atomic mass is 16.5. The number of hydrogen-bond donors (Lipinski definition) is 3. The number of rotatable bonds is 3. The Morgan fingerprint density at radius 3 is 3.11 bits per heavy atom. The Kier molecular flexibility index (Phi) is 4.41. The molecule has 0 aliphatic carbocycles. The third-order valence-corrected chi connectivity index (χ3v) is 2.85. The molecule has 2 amide bonds. The number of carbonyl (C=O) groups excluding carboxylic acids is 1. The summed E-state index contributed by atoms with van der Waals surface area (Å²) in [4.78, 5) is 11.4. The van der Waals surface area contributed by atoms with Gasteiger partial charge in [-0.25, -0.2) is 4.79 Å². The number of urea groups is 1. The second-order valence-corrected chi connectivity index (χ2v) is 4.13. The summed E-state index contributed by atoms with van der Waals surface area (Å²) in [6.07, 6.45) is 0. The third kappa shape index (κ3) is 3.13. The first-order valence-corrected chi connectivity index (χ1v) is 6.28. The second-order valence-electron chi connectivity index (χ2n) is 4.13. The van der Waals surface area contributed by atoms with Gasteiger partial charge in [-0.2, -0.15) is 0 Å². The number of amides is 2. The van der Waals surface area contributed by atoms with Gasteiger partial charge in [0.1, 0.15) is 12.4 Å². The second kappa shape index (κ2) is 6.26. The SMILES string of the molecule is CCNC(=O)NCC1NCCOc2ccccc21. The van der Waals surface area contributed by atoms with Crippen molar-refractivity contribution < 1.29 is 9.53 Å². The van der Waals surface area contributed by atoms with E-state index in [9.17, 15) is 4.79 Å². The average molecular weight is 249 g/mol. The molecule has 0 fully saturated rings. The maximum atomic E-state index is 11.4. The fourth-order valence-corrected chi connectivity index (χ4v) is 2.00. The summed E-state index contributed by atoms with van der Waals surface area (Å²) in [5.41, 5.74) is 1.09. The summed E-state index contributed by atoms with van der Waals surface area (Å²) < 4.78 is 5.64. The zero-order chi connectivity index (χ0) is 12.8. The van der Waals surface area contributed by atoms with Crippen LogP contribution in [0.4, 0.5) is 4.79 Å². The first kappa shape index (κ1) is 12.7. The maximum absolute atomic E-state index is 11.4. The van der Waals surface area contributed by atoms with Crippen molar-refractivity contribution in [1.29, 1.82) is 0 Å². The van der Waals surface area contributed by atoms with E-state index in [1.54, 1.807) is 0 Å². The molecule has 1 unspecified atom stereocenters. The highest BCUT2D eigenvalue weighted by molar-refractivity contribution is 5.73. The van der Waals surface area contributed by atoms with Crippen LogP contribution in [-0.2, 0) is 0 Å². The van der Waals surface area contributed by atoms with Crippen LogP contribution in [0.5, 0.6) is 5.75 Å². The number of carbonyl (C=O) groups is 1. The van der Waals surface area contributed by atoms with E-state index in [0.717, 1.165) is 17.9 Å². The largest absolute Gasteiger partial charge is 0.492 e. The van der Waals surface area contributed by atoms with Crippen molar-refractivity contribution in [3.8, 4) is 5.75 Å². The lowest BCUT2D eigenvalue weighted by Gasteiger charge is -2.18. The van der Waals surface area contributed by atoms with Crippen LogP contribution in [0.25, 0.3) is 0 Å². The molecule has 1 aromatic carbocycles. The zero-order valence-electron chi connectivity index (χ0n) is 10.5. The van der Waals surface area contributed by atoms with E-state index in [4.69, 9.17) is 4.74 Å². The molecule has 98 valence electrons. The minimum atomic E-state index is -0.137. The van der Waals surface area contributed by atoms with E-state index in [2.05, 4.69) is 16.0 Å². The van der Waals surface area contributed by atoms with Crippen LogP contribution in [0.15, 0.2) is 24.3 Å². The van der Waals surface area contributed by atoms with E-state index >= 15 is 0 Å². The lowest BCUT2D eigenvalue weighted by atomic mass is 10.1. The van der Waals surface area contributed by atoms with Gasteiger partial charge in [0.15, 0.2) is 0 Å². The summed E-state index contributed by atoms with van der Waals surface area (Å²) in [5, 5.41) is 8.94. The van der Waals surface area contributed by atoms with E-state index in [1.807, 2.05) is 31.2 Å². The van der Waals surface area contributed by atoms with Crippen molar-refractivity contribution in [3.05, 3.63) is 29.8 Å². The Hall–Kier alpha value is -1.75. The minimum Gasteiger partial charge on any atom is -0.492 e. The highest BCUT2D eigenvalue weighted by Crippen LogP contribution is 2.26. The molecule has 1 aliphatic heterocycles. The molecule has 18 heavy (non-hydrogen) atoms. The molecule has 3 N–H and O–H groups in total. The zero-order valence-corrected chi connectivity index (χ0v) is 10.5. The van der Waals surface area contributed by atoms with Crippen LogP contribution in [-0.4, -0.2) is 32.3 Å². The predicted molar refractivity (Wildman–Crippen MR) is 69.8 cm³/mol. The van der Waals surface area contributed by atoms with Gasteiger partial charge in [-0.1, -0.05) is 18.2 Å². The van der Waals surface area contributed by atoms with E-state index in [-0.39, 0.29) is 12.1 Å².